The molecule has 1 aromatic carbocycles. The average Bonchev–Trinajstić information content (AvgIpc) is 2.48. The first-order valence-electron chi connectivity index (χ1n) is 6.43. The van der Waals surface area contributed by atoms with Gasteiger partial charge in [0.1, 0.15) is 0 Å². The Labute approximate surface area is 112 Å². The van der Waals surface area contributed by atoms with Crippen LogP contribution in [0.1, 0.15) is 24.8 Å². The van der Waals surface area contributed by atoms with E-state index in [1.54, 1.807) is 29.2 Å². The number of hydrogen-bond acceptors (Lipinski definition) is 3. The normalized spacial score (nSPS) is 18.7. The lowest BCUT2D eigenvalue weighted by atomic mass is 10.0. The van der Waals surface area contributed by atoms with Crippen LogP contribution in [-0.4, -0.2) is 35.2 Å². The first-order chi connectivity index (χ1) is 9.24. The number of carbonyl (C=O) groups is 1. The topological polar surface area (TPSA) is 76.4 Å². The highest BCUT2D eigenvalue weighted by molar-refractivity contribution is 5.89. The van der Waals surface area contributed by atoms with Gasteiger partial charge in [-0.25, -0.2) is 4.79 Å². The minimum atomic E-state index is -0.191. The predicted octanol–water partition coefficient (Wildman–Crippen LogP) is 1.94. The molecule has 1 unspecified atom stereocenters. The van der Waals surface area contributed by atoms with E-state index in [0.29, 0.717) is 17.8 Å². The molecular formula is C14H17N3O2. The molecule has 19 heavy (non-hydrogen) atoms. The van der Waals surface area contributed by atoms with E-state index in [9.17, 15) is 9.90 Å². The number of nitriles is 1. The number of benzene rings is 1. The molecule has 0 aromatic heterocycles. The molecule has 0 bridgehead atoms. The van der Waals surface area contributed by atoms with E-state index in [1.807, 2.05) is 6.07 Å². The molecule has 5 heteroatoms. The van der Waals surface area contributed by atoms with E-state index in [4.69, 9.17) is 5.26 Å². The lowest BCUT2D eigenvalue weighted by Gasteiger charge is -2.34. The molecular weight excluding hydrogens is 242 g/mol. The predicted molar refractivity (Wildman–Crippen MR) is 71.6 cm³/mol. The lowest BCUT2D eigenvalue weighted by Crippen LogP contribution is -2.47. The maximum atomic E-state index is 12.1. The van der Waals surface area contributed by atoms with E-state index < -0.39 is 0 Å². The summed E-state index contributed by atoms with van der Waals surface area (Å²) in [5.41, 5.74) is 1.22. The van der Waals surface area contributed by atoms with E-state index in [1.165, 1.54) is 0 Å². The second-order valence-electron chi connectivity index (χ2n) is 4.64. The van der Waals surface area contributed by atoms with Crippen molar-refractivity contribution in [3.8, 4) is 6.07 Å². The van der Waals surface area contributed by atoms with Crippen LogP contribution >= 0.6 is 0 Å². The fraction of sp³-hybridized carbons (Fsp3) is 0.429. The van der Waals surface area contributed by atoms with Crippen molar-refractivity contribution < 1.29 is 9.90 Å². The number of aliphatic hydroxyl groups is 1. The summed E-state index contributed by atoms with van der Waals surface area (Å²) in [7, 11) is 0. The molecule has 1 aliphatic rings. The van der Waals surface area contributed by atoms with Gasteiger partial charge in [0.2, 0.25) is 0 Å². The highest BCUT2D eigenvalue weighted by Gasteiger charge is 2.25. The number of nitrogens with one attached hydrogen (secondary N) is 1. The Hall–Kier alpha value is -2.06. The van der Waals surface area contributed by atoms with E-state index in [2.05, 4.69) is 5.32 Å². The molecule has 0 spiro atoms. The molecule has 1 fully saturated rings. The number of aliphatic hydroxyl groups excluding tert-OH is 1. The van der Waals surface area contributed by atoms with E-state index in [-0.39, 0.29) is 18.7 Å². The second-order valence-corrected chi connectivity index (χ2v) is 4.64. The van der Waals surface area contributed by atoms with Crippen molar-refractivity contribution in [1.82, 2.24) is 4.90 Å². The van der Waals surface area contributed by atoms with Crippen molar-refractivity contribution in [3.05, 3.63) is 29.8 Å². The SMILES string of the molecule is N#Cc1ccc(NC(=O)N2CCCCC2CO)cc1. The summed E-state index contributed by atoms with van der Waals surface area (Å²) in [6.45, 7) is 0.675. The Morgan fingerprint density at radius 1 is 1.42 bits per heavy atom. The number of amides is 2. The number of rotatable bonds is 2. The Bertz CT molecular complexity index is 478. The van der Waals surface area contributed by atoms with E-state index >= 15 is 0 Å². The molecule has 1 heterocycles. The van der Waals surface area contributed by atoms with Gasteiger partial charge in [-0.05, 0) is 43.5 Å². The van der Waals surface area contributed by atoms with E-state index in [0.717, 1.165) is 19.3 Å². The summed E-state index contributed by atoms with van der Waals surface area (Å²) in [4.78, 5) is 13.8. The van der Waals surface area contributed by atoms with Gasteiger partial charge < -0.3 is 15.3 Å². The standard InChI is InChI=1S/C14H17N3O2/c15-9-11-4-6-12(7-5-11)16-14(19)17-8-2-1-3-13(17)10-18/h4-7,13,18H,1-3,8,10H2,(H,16,19). The summed E-state index contributed by atoms with van der Waals surface area (Å²) >= 11 is 0. The largest absolute Gasteiger partial charge is 0.394 e. The highest BCUT2D eigenvalue weighted by atomic mass is 16.3. The molecule has 0 saturated carbocycles. The fourth-order valence-electron chi connectivity index (χ4n) is 2.28. The third-order valence-electron chi connectivity index (χ3n) is 3.36. The molecule has 1 aromatic rings. The number of hydrogen-bond donors (Lipinski definition) is 2. The first-order valence-corrected chi connectivity index (χ1v) is 6.43. The summed E-state index contributed by atoms with van der Waals surface area (Å²) < 4.78 is 0. The van der Waals surface area contributed by atoms with Crippen molar-refractivity contribution >= 4 is 11.7 Å². The molecule has 2 rings (SSSR count). The van der Waals surface area contributed by atoms with Crippen LogP contribution in [0.15, 0.2) is 24.3 Å². The highest BCUT2D eigenvalue weighted by Crippen LogP contribution is 2.18. The zero-order valence-corrected chi connectivity index (χ0v) is 10.7. The molecule has 5 nitrogen and oxygen atoms in total. The van der Waals surface area contributed by atoms with Gasteiger partial charge in [-0.3, -0.25) is 0 Å². The zero-order chi connectivity index (χ0) is 13.7. The average molecular weight is 259 g/mol. The number of nitrogens with zero attached hydrogens (tertiary/aromatic N) is 2. The summed E-state index contributed by atoms with van der Waals surface area (Å²) in [5, 5.41) is 20.8. The van der Waals surface area contributed by atoms with Gasteiger partial charge >= 0.3 is 6.03 Å². The molecule has 2 amide bonds. The van der Waals surface area contributed by atoms with Gasteiger partial charge in [0.15, 0.2) is 0 Å². The monoisotopic (exact) mass is 259 g/mol. The van der Waals surface area contributed by atoms with Crippen molar-refractivity contribution in [2.45, 2.75) is 25.3 Å². The van der Waals surface area contributed by atoms with Crippen LogP contribution in [0.25, 0.3) is 0 Å². The Morgan fingerprint density at radius 3 is 2.79 bits per heavy atom. The van der Waals surface area contributed by atoms with Gasteiger partial charge in [-0.1, -0.05) is 0 Å². The third-order valence-corrected chi connectivity index (χ3v) is 3.36. The zero-order valence-electron chi connectivity index (χ0n) is 10.7. The molecule has 1 saturated heterocycles. The first kappa shape index (κ1) is 13.4. The number of carbonyl (C=O) groups excluding carboxylic acids is 1. The quantitative estimate of drug-likeness (QED) is 0.852. The third kappa shape index (κ3) is 3.24. The van der Waals surface area contributed by atoms with Crippen LogP contribution in [0.4, 0.5) is 10.5 Å². The van der Waals surface area contributed by atoms with Crippen LogP contribution < -0.4 is 5.32 Å². The minimum absolute atomic E-state index is 0.000784. The number of piperidine rings is 1. The summed E-state index contributed by atoms with van der Waals surface area (Å²) in [6.07, 6.45) is 2.86. The van der Waals surface area contributed by atoms with Crippen molar-refractivity contribution in [3.63, 3.8) is 0 Å². The van der Waals surface area contributed by atoms with Gasteiger partial charge in [0.05, 0.1) is 24.3 Å². The number of likely N-dealkylation sites (tertiary alicyclic amines) is 1. The van der Waals surface area contributed by atoms with Crippen LogP contribution in [0, 0.1) is 11.3 Å². The minimum Gasteiger partial charge on any atom is -0.394 e. The van der Waals surface area contributed by atoms with Crippen LogP contribution in [0.3, 0.4) is 0 Å². The fourth-order valence-corrected chi connectivity index (χ4v) is 2.28. The molecule has 2 N–H and O–H groups in total. The van der Waals surface area contributed by atoms with Gasteiger partial charge in [-0.15, -0.1) is 0 Å². The number of urea groups is 1. The van der Waals surface area contributed by atoms with Gasteiger partial charge in [0, 0.05) is 12.2 Å². The molecule has 1 atom stereocenters. The van der Waals surface area contributed by atoms with Crippen LogP contribution in [-0.2, 0) is 0 Å². The van der Waals surface area contributed by atoms with Crippen molar-refractivity contribution in [1.29, 1.82) is 5.26 Å². The summed E-state index contributed by atoms with van der Waals surface area (Å²) in [5.74, 6) is 0. The lowest BCUT2D eigenvalue weighted by molar-refractivity contribution is 0.115. The molecule has 1 aliphatic heterocycles. The molecule has 0 radical (unpaired) electrons. The molecule has 100 valence electrons. The van der Waals surface area contributed by atoms with Gasteiger partial charge in [-0.2, -0.15) is 5.26 Å². The van der Waals surface area contributed by atoms with Crippen LogP contribution in [0.2, 0.25) is 0 Å². The Morgan fingerprint density at radius 2 is 2.16 bits per heavy atom. The smallest absolute Gasteiger partial charge is 0.322 e. The van der Waals surface area contributed by atoms with Crippen molar-refractivity contribution in [2.24, 2.45) is 0 Å². The number of anilines is 1. The second kappa shape index (κ2) is 6.21. The van der Waals surface area contributed by atoms with Crippen molar-refractivity contribution in [2.75, 3.05) is 18.5 Å². The maximum Gasteiger partial charge on any atom is 0.322 e. The Balaban J connectivity index is 2.01. The van der Waals surface area contributed by atoms with Gasteiger partial charge in [0.25, 0.3) is 0 Å². The van der Waals surface area contributed by atoms with Crippen LogP contribution in [0.5, 0.6) is 0 Å². The summed E-state index contributed by atoms with van der Waals surface area (Å²) in [6, 6.07) is 8.48. The maximum absolute atomic E-state index is 12.1. The Kier molecular flexibility index (Phi) is 4.37. The molecule has 0 aliphatic carbocycles.